The van der Waals surface area contributed by atoms with Gasteiger partial charge in [-0.05, 0) is 48.5 Å². The maximum atomic E-state index is 12.0. The zero-order chi connectivity index (χ0) is 20.2. The Kier molecular flexibility index (Phi) is 8.33. The molecule has 6 nitrogen and oxygen atoms in total. The number of anilines is 2. The molecule has 0 bridgehead atoms. The van der Waals surface area contributed by atoms with Crippen LogP contribution in [0.4, 0.5) is 11.4 Å². The molecule has 0 saturated carbocycles. The van der Waals surface area contributed by atoms with E-state index in [0.717, 1.165) is 0 Å². The quantitative estimate of drug-likeness (QED) is 0.574. The number of hydrogen-bond acceptors (Lipinski definition) is 4. The fourth-order valence-electron chi connectivity index (χ4n) is 2.25. The van der Waals surface area contributed by atoms with Crippen molar-refractivity contribution in [3.05, 3.63) is 73.8 Å². The van der Waals surface area contributed by atoms with Gasteiger partial charge in [-0.2, -0.15) is 0 Å². The first-order valence-corrected chi connectivity index (χ1v) is 8.88. The normalized spacial score (nSPS) is 9.86. The molecular weight excluding hydrogens is 356 g/mol. The summed E-state index contributed by atoms with van der Waals surface area (Å²) >= 11 is 0. The highest BCUT2D eigenvalue weighted by molar-refractivity contribution is 5.96. The van der Waals surface area contributed by atoms with Crippen LogP contribution < -0.4 is 20.1 Å². The van der Waals surface area contributed by atoms with Crippen LogP contribution in [-0.2, 0) is 9.59 Å². The lowest BCUT2D eigenvalue weighted by atomic mass is 10.2. The van der Waals surface area contributed by atoms with Crippen molar-refractivity contribution in [3.8, 4) is 11.5 Å². The molecule has 2 aromatic carbocycles. The zero-order valence-corrected chi connectivity index (χ0v) is 15.6. The summed E-state index contributed by atoms with van der Waals surface area (Å²) in [5.41, 5.74) is 1.29. The van der Waals surface area contributed by atoms with Crippen LogP contribution in [0.5, 0.6) is 11.5 Å². The molecule has 0 saturated heterocycles. The van der Waals surface area contributed by atoms with E-state index in [2.05, 4.69) is 23.8 Å². The molecule has 0 spiro atoms. The number of carbonyl (C=O) groups excluding carboxylic acids is 2. The fraction of sp³-hybridized carbons (Fsp3) is 0.182. The molecule has 0 aliphatic heterocycles. The molecule has 0 aliphatic carbocycles. The molecule has 2 aromatic rings. The topological polar surface area (TPSA) is 76.7 Å². The smallest absolute Gasteiger partial charge is 0.224 e. The third-order valence-electron chi connectivity index (χ3n) is 3.59. The average molecular weight is 380 g/mol. The highest BCUT2D eigenvalue weighted by Crippen LogP contribution is 2.17. The van der Waals surface area contributed by atoms with E-state index in [1.165, 1.54) is 0 Å². The van der Waals surface area contributed by atoms with Gasteiger partial charge < -0.3 is 20.1 Å². The second-order valence-corrected chi connectivity index (χ2v) is 5.84. The van der Waals surface area contributed by atoms with E-state index in [-0.39, 0.29) is 24.7 Å². The Morgan fingerprint density at radius 3 is 1.39 bits per heavy atom. The van der Waals surface area contributed by atoms with Crippen LogP contribution in [-0.4, -0.2) is 25.0 Å². The molecule has 0 atom stereocenters. The van der Waals surface area contributed by atoms with Crippen molar-refractivity contribution in [2.75, 3.05) is 23.8 Å². The summed E-state index contributed by atoms with van der Waals surface area (Å²) < 4.78 is 10.8. The van der Waals surface area contributed by atoms with Crippen molar-refractivity contribution < 1.29 is 19.1 Å². The zero-order valence-electron chi connectivity index (χ0n) is 15.6. The number of benzene rings is 2. The molecule has 2 rings (SSSR count). The number of rotatable bonds is 11. The molecule has 2 N–H and O–H groups in total. The minimum atomic E-state index is -0.233. The van der Waals surface area contributed by atoms with Crippen LogP contribution in [0.1, 0.15) is 12.8 Å². The number of carbonyl (C=O) groups is 2. The summed E-state index contributed by atoms with van der Waals surface area (Å²) in [6, 6.07) is 14.0. The van der Waals surface area contributed by atoms with Crippen molar-refractivity contribution >= 4 is 23.2 Å². The first-order chi connectivity index (χ1) is 13.6. The molecule has 146 valence electrons. The van der Waals surface area contributed by atoms with Crippen molar-refractivity contribution in [2.24, 2.45) is 0 Å². The number of hydrogen-bond donors (Lipinski definition) is 2. The van der Waals surface area contributed by atoms with E-state index in [1.807, 2.05) is 0 Å². The van der Waals surface area contributed by atoms with E-state index >= 15 is 0 Å². The van der Waals surface area contributed by atoms with Gasteiger partial charge in [-0.25, -0.2) is 0 Å². The second-order valence-electron chi connectivity index (χ2n) is 5.84. The third kappa shape index (κ3) is 7.37. The minimum absolute atomic E-state index is 0.0844. The van der Waals surface area contributed by atoms with E-state index in [0.29, 0.717) is 36.1 Å². The number of ether oxygens (including phenoxy) is 2. The van der Waals surface area contributed by atoms with Crippen LogP contribution in [0.15, 0.2) is 73.8 Å². The lowest BCUT2D eigenvalue weighted by molar-refractivity contribution is -0.121. The van der Waals surface area contributed by atoms with Crippen LogP contribution >= 0.6 is 0 Å². The maximum Gasteiger partial charge on any atom is 0.224 e. The summed E-state index contributed by atoms with van der Waals surface area (Å²) in [7, 11) is 0. The van der Waals surface area contributed by atoms with Crippen LogP contribution in [0.2, 0.25) is 0 Å². The standard InChI is InChI=1S/C22H24N2O4/c1-3-15-27-19-9-5-17(6-10-19)23-21(25)13-14-22(26)24-18-7-11-20(12-8-18)28-16-4-2/h3-12H,1-2,13-16H2,(H,23,25)(H,24,26). The van der Waals surface area contributed by atoms with E-state index in [4.69, 9.17) is 9.47 Å². The summed E-state index contributed by atoms with van der Waals surface area (Å²) in [6.45, 7) is 8.01. The Labute approximate surface area is 164 Å². The number of amides is 2. The summed E-state index contributed by atoms with van der Waals surface area (Å²) in [5, 5.41) is 5.50. The SMILES string of the molecule is C=CCOc1ccc(NC(=O)CCC(=O)Nc2ccc(OCC=C)cc2)cc1. The maximum absolute atomic E-state index is 12.0. The predicted octanol–water partition coefficient (Wildman–Crippen LogP) is 4.17. The highest BCUT2D eigenvalue weighted by Gasteiger charge is 2.08. The van der Waals surface area contributed by atoms with E-state index in [9.17, 15) is 9.59 Å². The molecule has 0 unspecified atom stereocenters. The Morgan fingerprint density at radius 1 is 0.714 bits per heavy atom. The van der Waals surface area contributed by atoms with Gasteiger partial charge in [0.25, 0.3) is 0 Å². The molecule has 0 aromatic heterocycles. The Bertz CT molecular complexity index is 729. The largest absolute Gasteiger partial charge is 0.490 e. The average Bonchev–Trinajstić information content (AvgIpc) is 2.71. The van der Waals surface area contributed by atoms with Crippen LogP contribution in [0.3, 0.4) is 0 Å². The first-order valence-electron chi connectivity index (χ1n) is 8.88. The van der Waals surface area contributed by atoms with Gasteiger partial charge in [-0.1, -0.05) is 25.3 Å². The van der Waals surface area contributed by atoms with Crippen molar-refractivity contribution in [2.45, 2.75) is 12.8 Å². The first kappa shape index (κ1) is 20.8. The molecule has 0 heterocycles. The van der Waals surface area contributed by atoms with Gasteiger partial charge in [0.15, 0.2) is 0 Å². The molecular formula is C22H24N2O4. The molecule has 2 amide bonds. The van der Waals surface area contributed by atoms with Gasteiger partial charge in [0, 0.05) is 24.2 Å². The van der Waals surface area contributed by atoms with Gasteiger partial charge in [0.2, 0.25) is 11.8 Å². The fourth-order valence-corrected chi connectivity index (χ4v) is 2.25. The Hall–Kier alpha value is -3.54. The van der Waals surface area contributed by atoms with Crippen molar-refractivity contribution in [1.29, 1.82) is 0 Å². The summed E-state index contributed by atoms with van der Waals surface area (Å²) in [6.07, 6.45) is 3.49. The van der Waals surface area contributed by atoms with Crippen LogP contribution in [0, 0.1) is 0 Å². The van der Waals surface area contributed by atoms with Gasteiger partial charge in [0.1, 0.15) is 24.7 Å². The second kappa shape index (κ2) is 11.2. The predicted molar refractivity (Wildman–Crippen MR) is 111 cm³/mol. The van der Waals surface area contributed by atoms with E-state index < -0.39 is 0 Å². The van der Waals surface area contributed by atoms with Crippen molar-refractivity contribution in [3.63, 3.8) is 0 Å². The minimum Gasteiger partial charge on any atom is -0.490 e. The van der Waals surface area contributed by atoms with E-state index in [1.54, 1.807) is 60.7 Å². The monoisotopic (exact) mass is 380 g/mol. The molecule has 0 fully saturated rings. The Balaban J connectivity index is 1.73. The van der Waals surface area contributed by atoms with Crippen LogP contribution in [0.25, 0.3) is 0 Å². The summed E-state index contributed by atoms with van der Waals surface area (Å²) in [4.78, 5) is 24.0. The molecule has 6 heteroatoms. The number of nitrogens with one attached hydrogen (secondary N) is 2. The highest BCUT2D eigenvalue weighted by atomic mass is 16.5. The lowest BCUT2D eigenvalue weighted by Crippen LogP contribution is -2.17. The van der Waals surface area contributed by atoms with Gasteiger partial charge in [-0.3, -0.25) is 9.59 Å². The van der Waals surface area contributed by atoms with Gasteiger partial charge in [-0.15, -0.1) is 0 Å². The molecule has 0 radical (unpaired) electrons. The molecule has 28 heavy (non-hydrogen) atoms. The van der Waals surface area contributed by atoms with Gasteiger partial charge >= 0.3 is 0 Å². The molecule has 0 aliphatic rings. The van der Waals surface area contributed by atoms with Gasteiger partial charge in [0.05, 0.1) is 0 Å². The Morgan fingerprint density at radius 2 is 1.07 bits per heavy atom. The lowest BCUT2D eigenvalue weighted by Gasteiger charge is -2.08. The summed E-state index contributed by atoms with van der Waals surface area (Å²) in [5.74, 6) is 0.919. The van der Waals surface area contributed by atoms with Crippen molar-refractivity contribution in [1.82, 2.24) is 0 Å². The third-order valence-corrected chi connectivity index (χ3v) is 3.59.